The predicted molar refractivity (Wildman–Crippen MR) is 71.6 cm³/mol. The Kier molecular flexibility index (Phi) is 6.01. The average Bonchev–Trinajstić information content (AvgIpc) is 2.33. The molecule has 0 saturated heterocycles. The van der Waals surface area contributed by atoms with Crippen LogP contribution < -0.4 is 4.90 Å². The summed E-state index contributed by atoms with van der Waals surface area (Å²) in [6, 6.07) is 1.80. The highest BCUT2D eigenvalue weighted by Crippen LogP contribution is 2.12. The van der Waals surface area contributed by atoms with E-state index in [1.807, 2.05) is 6.92 Å². The molecule has 0 unspecified atom stereocenters. The Morgan fingerprint density at radius 1 is 1.39 bits per heavy atom. The van der Waals surface area contributed by atoms with Crippen LogP contribution in [0, 0.1) is 12.8 Å². The largest absolute Gasteiger partial charge is 0.390 e. The molecule has 0 amide bonds. The number of rotatable bonds is 7. The fourth-order valence-electron chi connectivity index (χ4n) is 1.75. The first kappa shape index (κ1) is 14.9. The lowest BCUT2D eigenvalue weighted by atomic mass is 10.2. The molecule has 0 spiro atoms. The normalized spacial score (nSPS) is 11.0. The van der Waals surface area contributed by atoms with Crippen molar-refractivity contribution in [3.63, 3.8) is 0 Å². The fraction of sp³-hybridized carbons (Fsp3) is 0.692. The van der Waals surface area contributed by atoms with Crippen LogP contribution in [-0.2, 0) is 11.3 Å². The standard InChI is InChI=1S/C13H23N3O2/c1-10(2)8-16(5-6-18-4)13-14-11(3)7-12(9-17)15-13/h7,10,17H,5-6,8-9H2,1-4H3. The Balaban J connectivity index is 2.91. The van der Waals surface area contributed by atoms with E-state index in [2.05, 4.69) is 28.7 Å². The maximum Gasteiger partial charge on any atom is 0.225 e. The van der Waals surface area contributed by atoms with Gasteiger partial charge < -0.3 is 14.7 Å². The Labute approximate surface area is 109 Å². The number of aromatic nitrogens is 2. The van der Waals surface area contributed by atoms with Gasteiger partial charge in [0.1, 0.15) is 0 Å². The SMILES string of the molecule is COCCN(CC(C)C)c1nc(C)cc(CO)n1. The summed E-state index contributed by atoms with van der Waals surface area (Å²) in [5, 5.41) is 9.19. The van der Waals surface area contributed by atoms with Crippen LogP contribution in [0.2, 0.25) is 0 Å². The highest BCUT2D eigenvalue weighted by molar-refractivity contribution is 5.32. The lowest BCUT2D eigenvalue weighted by molar-refractivity contribution is 0.204. The molecule has 1 aromatic heterocycles. The third-order valence-electron chi connectivity index (χ3n) is 2.49. The monoisotopic (exact) mass is 253 g/mol. The van der Waals surface area contributed by atoms with E-state index in [4.69, 9.17) is 4.74 Å². The number of aliphatic hydroxyl groups excluding tert-OH is 1. The molecule has 0 aromatic carbocycles. The molecule has 1 N–H and O–H groups in total. The van der Waals surface area contributed by atoms with Crippen molar-refractivity contribution in [2.45, 2.75) is 27.4 Å². The summed E-state index contributed by atoms with van der Waals surface area (Å²) < 4.78 is 5.12. The minimum atomic E-state index is -0.0594. The van der Waals surface area contributed by atoms with Crippen molar-refractivity contribution in [1.82, 2.24) is 9.97 Å². The molecule has 5 nitrogen and oxygen atoms in total. The van der Waals surface area contributed by atoms with Gasteiger partial charge in [-0.2, -0.15) is 0 Å². The molecule has 0 aliphatic carbocycles. The Morgan fingerprint density at radius 2 is 2.11 bits per heavy atom. The van der Waals surface area contributed by atoms with Gasteiger partial charge in [-0.3, -0.25) is 0 Å². The number of hydrogen-bond acceptors (Lipinski definition) is 5. The number of ether oxygens (including phenoxy) is 1. The van der Waals surface area contributed by atoms with Crippen LogP contribution in [0.3, 0.4) is 0 Å². The lowest BCUT2D eigenvalue weighted by Gasteiger charge is -2.24. The summed E-state index contributed by atoms with van der Waals surface area (Å²) in [6.07, 6.45) is 0. The number of methoxy groups -OCH3 is 1. The predicted octanol–water partition coefficient (Wildman–Crippen LogP) is 1.39. The zero-order valence-electron chi connectivity index (χ0n) is 11.7. The first-order chi connectivity index (χ1) is 8.56. The third-order valence-corrected chi connectivity index (χ3v) is 2.49. The fourth-order valence-corrected chi connectivity index (χ4v) is 1.75. The summed E-state index contributed by atoms with van der Waals surface area (Å²) >= 11 is 0. The van der Waals surface area contributed by atoms with Gasteiger partial charge in [0.15, 0.2) is 0 Å². The molecule has 5 heteroatoms. The second kappa shape index (κ2) is 7.28. The highest BCUT2D eigenvalue weighted by atomic mass is 16.5. The van der Waals surface area contributed by atoms with Crippen LogP contribution in [0.15, 0.2) is 6.07 Å². The maximum atomic E-state index is 9.19. The molecular formula is C13H23N3O2. The molecule has 102 valence electrons. The zero-order chi connectivity index (χ0) is 13.5. The van der Waals surface area contributed by atoms with Gasteiger partial charge in [-0.25, -0.2) is 9.97 Å². The number of anilines is 1. The molecule has 1 rings (SSSR count). The third kappa shape index (κ3) is 4.58. The minimum absolute atomic E-state index is 0.0594. The summed E-state index contributed by atoms with van der Waals surface area (Å²) in [6.45, 7) is 8.43. The van der Waals surface area contributed by atoms with E-state index < -0.39 is 0 Å². The molecular weight excluding hydrogens is 230 g/mol. The molecule has 1 aromatic rings. The second-order valence-corrected chi connectivity index (χ2v) is 4.79. The van der Waals surface area contributed by atoms with Crippen molar-refractivity contribution in [2.24, 2.45) is 5.92 Å². The quantitative estimate of drug-likeness (QED) is 0.795. The van der Waals surface area contributed by atoms with E-state index in [1.165, 1.54) is 0 Å². The van der Waals surface area contributed by atoms with Crippen LogP contribution >= 0.6 is 0 Å². The van der Waals surface area contributed by atoms with Gasteiger partial charge in [-0.15, -0.1) is 0 Å². The van der Waals surface area contributed by atoms with Crippen LogP contribution in [0.5, 0.6) is 0 Å². The van der Waals surface area contributed by atoms with E-state index in [1.54, 1.807) is 13.2 Å². The van der Waals surface area contributed by atoms with Gasteiger partial charge in [-0.1, -0.05) is 13.8 Å². The molecule has 0 aliphatic heterocycles. The van der Waals surface area contributed by atoms with E-state index in [0.717, 1.165) is 18.8 Å². The van der Waals surface area contributed by atoms with Crippen molar-refractivity contribution >= 4 is 5.95 Å². The Hall–Kier alpha value is -1.20. The molecule has 0 fully saturated rings. The molecule has 0 radical (unpaired) electrons. The van der Waals surface area contributed by atoms with Crippen molar-refractivity contribution in [2.75, 3.05) is 31.7 Å². The van der Waals surface area contributed by atoms with Gasteiger partial charge in [0.25, 0.3) is 0 Å². The average molecular weight is 253 g/mol. The molecule has 0 saturated carbocycles. The van der Waals surface area contributed by atoms with Gasteiger partial charge in [0.05, 0.1) is 18.9 Å². The number of nitrogens with zero attached hydrogens (tertiary/aromatic N) is 3. The smallest absolute Gasteiger partial charge is 0.225 e. The first-order valence-corrected chi connectivity index (χ1v) is 6.26. The van der Waals surface area contributed by atoms with E-state index in [9.17, 15) is 5.11 Å². The van der Waals surface area contributed by atoms with Gasteiger partial charge in [0.2, 0.25) is 5.95 Å². The zero-order valence-corrected chi connectivity index (χ0v) is 11.7. The second-order valence-electron chi connectivity index (χ2n) is 4.79. The molecule has 1 heterocycles. The van der Waals surface area contributed by atoms with Crippen molar-refractivity contribution < 1.29 is 9.84 Å². The van der Waals surface area contributed by atoms with Crippen molar-refractivity contribution in [3.05, 3.63) is 17.5 Å². The van der Waals surface area contributed by atoms with Crippen molar-refractivity contribution in [3.8, 4) is 0 Å². The summed E-state index contributed by atoms with van der Waals surface area (Å²) in [4.78, 5) is 10.9. The summed E-state index contributed by atoms with van der Waals surface area (Å²) in [5.41, 5.74) is 1.53. The Morgan fingerprint density at radius 3 is 2.67 bits per heavy atom. The molecule has 0 atom stereocenters. The first-order valence-electron chi connectivity index (χ1n) is 6.26. The number of aliphatic hydroxyl groups is 1. The number of aryl methyl sites for hydroxylation is 1. The highest BCUT2D eigenvalue weighted by Gasteiger charge is 2.12. The van der Waals surface area contributed by atoms with Gasteiger partial charge in [-0.05, 0) is 18.9 Å². The molecule has 0 aliphatic rings. The topological polar surface area (TPSA) is 58.5 Å². The van der Waals surface area contributed by atoms with E-state index in [0.29, 0.717) is 24.2 Å². The molecule has 18 heavy (non-hydrogen) atoms. The van der Waals surface area contributed by atoms with Gasteiger partial charge in [0, 0.05) is 25.9 Å². The van der Waals surface area contributed by atoms with E-state index in [-0.39, 0.29) is 6.61 Å². The maximum absolute atomic E-state index is 9.19. The Bertz CT molecular complexity index is 369. The van der Waals surface area contributed by atoms with Crippen molar-refractivity contribution in [1.29, 1.82) is 0 Å². The van der Waals surface area contributed by atoms with Crippen LogP contribution in [0.4, 0.5) is 5.95 Å². The van der Waals surface area contributed by atoms with Crippen LogP contribution in [0.25, 0.3) is 0 Å². The van der Waals surface area contributed by atoms with E-state index >= 15 is 0 Å². The summed E-state index contributed by atoms with van der Waals surface area (Å²) in [7, 11) is 1.68. The van der Waals surface area contributed by atoms with Gasteiger partial charge >= 0.3 is 0 Å². The lowest BCUT2D eigenvalue weighted by Crippen LogP contribution is -2.32. The summed E-state index contributed by atoms with van der Waals surface area (Å²) in [5.74, 6) is 1.19. The van der Waals surface area contributed by atoms with Crippen LogP contribution in [0.1, 0.15) is 25.2 Å². The van der Waals surface area contributed by atoms with Crippen LogP contribution in [-0.4, -0.2) is 41.9 Å². The minimum Gasteiger partial charge on any atom is -0.390 e. The number of hydrogen-bond donors (Lipinski definition) is 1. The molecule has 0 bridgehead atoms.